The van der Waals surface area contributed by atoms with Crippen LogP contribution in [0, 0.1) is 10.6 Å². The van der Waals surface area contributed by atoms with Crippen molar-refractivity contribution in [3.8, 4) is 0 Å². The predicted octanol–water partition coefficient (Wildman–Crippen LogP) is 3.89. The topological polar surface area (TPSA) is 80.5 Å². The number of fused-ring (bicyclic) bond motifs is 1. The highest BCUT2D eigenvalue weighted by Gasteiger charge is 2.26. The first kappa shape index (κ1) is 19.2. The minimum absolute atomic E-state index is 0.117. The van der Waals surface area contributed by atoms with Crippen molar-refractivity contribution in [2.45, 2.75) is 71.1 Å². The van der Waals surface area contributed by atoms with Crippen LogP contribution in [0.1, 0.15) is 52.1 Å². The number of nitrogens with zero attached hydrogens (tertiary/aromatic N) is 3. The summed E-state index contributed by atoms with van der Waals surface area (Å²) in [5.74, 6) is 0.940. The fourth-order valence-corrected chi connectivity index (χ4v) is 3.84. The van der Waals surface area contributed by atoms with Gasteiger partial charge in [0.15, 0.2) is 5.65 Å². The van der Waals surface area contributed by atoms with Gasteiger partial charge in [0, 0.05) is 24.2 Å². The number of halogens is 1. The van der Waals surface area contributed by atoms with E-state index in [9.17, 15) is 4.79 Å². The van der Waals surface area contributed by atoms with E-state index < -0.39 is 5.60 Å². The van der Waals surface area contributed by atoms with Gasteiger partial charge >= 0.3 is 6.09 Å². The summed E-state index contributed by atoms with van der Waals surface area (Å²) >= 11 is 2.22. The molecule has 2 aromatic heterocycles. The summed E-state index contributed by atoms with van der Waals surface area (Å²) in [6, 6.07) is 4.37. The van der Waals surface area contributed by atoms with Crippen molar-refractivity contribution in [1.29, 1.82) is 0 Å². The molecule has 1 amide bonds. The van der Waals surface area contributed by atoms with Gasteiger partial charge in [0.2, 0.25) is 0 Å². The zero-order valence-corrected chi connectivity index (χ0v) is 17.8. The quantitative estimate of drug-likeness (QED) is 0.525. The molecule has 1 fully saturated rings. The summed E-state index contributed by atoms with van der Waals surface area (Å²) in [6.07, 6.45) is 3.61. The second-order valence-corrected chi connectivity index (χ2v) is 8.98. The molecule has 1 saturated carbocycles. The molecule has 0 unspecified atom stereocenters. The first-order chi connectivity index (χ1) is 12.2. The molecule has 142 valence electrons. The average Bonchev–Trinajstić information content (AvgIpc) is 2.85. The summed E-state index contributed by atoms with van der Waals surface area (Å²) in [5, 5.41) is 11.1. The molecule has 0 aromatic carbocycles. The Morgan fingerprint density at radius 2 is 2.04 bits per heavy atom. The van der Waals surface area contributed by atoms with Crippen LogP contribution in [0.3, 0.4) is 0 Å². The Kier molecular flexibility index (Phi) is 5.59. The van der Waals surface area contributed by atoms with Crippen LogP contribution in [0.2, 0.25) is 0 Å². The van der Waals surface area contributed by atoms with Gasteiger partial charge in [0.05, 0.1) is 5.69 Å². The van der Waals surface area contributed by atoms with Crippen LogP contribution in [0.25, 0.3) is 5.65 Å². The van der Waals surface area contributed by atoms with Crippen LogP contribution in [0.4, 0.5) is 10.6 Å². The molecule has 7 nitrogen and oxygen atoms in total. The van der Waals surface area contributed by atoms with Crippen LogP contribution in [-0.4, -0.2) is 38.4 Å². The third kappa shape index (κ3) is 4.99. The predicted molar refractivity (Wildman–Crippen MR) is 109 cm³/mol. The number of hydrogen-bond donors (Lipinski definition) is 2. The molecule has 0 aliphatic heterocycles. The van der Waals surface area contributed by atoms with E-state index in [0.717, 1.165) is 46.5 Å². The number of carbonyl (C=O) groups excluding carboxylic acids is 1. The second kappa shape index (κ2) is 7.58. The van der Waals surface area contributed by atoms with Gasteiger partial charge in [-0.1, -0.05) is 0 Å². The Morgan fingerprint density at radius 3 is 2.77 bits per heavy atom. The van der Waals surface area contributed by atoms with Gasteiger partial charge < -0.3 is 15.4 Å². The monoisotopic (exact) mass is 471 g/mol. The van der Waals surface area contributed by atoms with Gasteiger partial charge in [0.25, 0.3) is 0 Å². The Hall–Kier alpha value is -1.58. The maximum Gasteiger partial charge on any atom is 0.407 e. The van der Waals surface area contributed by atoms with Gasteiger partial charge in [-0.2, -0.15) is 9.61 Å². The summed E-state index contributed by atoms with van der Waals surface area (Å²) in [5.41, 5.74) is 1.31. The van der Waals surface area contributed by atoms with E-state index in [1.165, 1.54) is 0 Å². The van der Waals surface area contributed by atoms with Gasteiger partial charge in [-0.25, -0.2) is 9.78 Å². The third-order valence-corrected chi connectivity index (χ3v) is 4.82. The maximum atomic E-state index is 12.0. The zero-order valence-electron chi connectivity index (χ0n) is 15.7. The van der Waals surface area contributed by atoms with E-state index in [-0.39, 0.29) is 18.2 Å². The van der Waals surface area contributed by atoms with E-state index in [1.807, 2.05) is 44.3 Å². The standard InChI is InChI=1S/C18H26IN5O2/c1-11-8-15-22-14(19)10-16(24(15)23-11)20-12-6-5-7-13(9-12)21-17(25)26-18(2,3)4/h8,10,12-13,20H,5-7,9H2,1-4H3,(H,21,25)/t12-,13+/m0/s1. The second-order valence-electron chi connectivity index (χ2n) is 7.87. The Balaban J connectivity index is 1.66. The van der Waals surface area contributed by atoms with Crippen LogP contribution >= 0.6 is 22.6 Å². The number of nitrogens with one attached hydrogen (secondary N) is 2. The largest absolute Gasteiger partial charge is 0.444 e. The molecule has 2 atom stereocenters. The molecule has 2 N–H and O–H groups in total. The van der Waals surface area contributed by atoms with Gasteiger partial charge in [-0.05, 0) is 76.0 Å². The van der Waals surface area contributed by atoms with Crippen molar-refractivity contribution in [1.82, 2.24) is 19.9 Å². The first-order valence-electron chi connectivity index (χ1n) is 8.98. The Bertz CT molecular complexity index is 799. The van der Waals surface area contributed by atoms with Crippen LogP contribution in [0.5, 0.6) is 0 Å². The number of aromatic nitrogens is 3. The van der Waals surface area contributed by atoms with Gasteiger partial charge in [-0.3, -0.25) is 0 Å². The SMILES string of the molecule is Cc1cc2nc(I)cc(N[C@H]3CCC[C@@H](NC(=O)OC(C)(C)C)C3)n2n1. The lowest BCUT2D eigenvalue weighted by Crippen LogP contribution is -2.44. The summed E-state index contributed by atoms with van der Waals surface area (Å²) < 4.78 is 8.15. The number of aryl methyl sites for hydroxylation is 1. The zero-order chi connectivity index (χ0) is 18.9. The number of carbonyl (C=O) groups is 1. The molecule has 2 aromatic rings. The molecule has 26 heavy (non-hydrogen) atoms. The maximum absolute atomic E-state index is 12.0. The average molecular weight is 471 g/mol. The number of alkyl carbamates (subject to hydrolysis) is 1. The van der Waals surface area contributed by atoms with Crippen molar-refractivity contribution in [2.75, 3.05) is 5.32 Å². The number of anilines is 1. The van der Waals surface area contributed by atoms with Crippen LogP contribution in [0.15, 0.2) is 12.1 Å². The highest BCUT2D eigenvalue weighted by atomic mass is 127. The van der Waals surface area contributed by atoms with Crippen molar-refractivity contribution >= 4 is 40.1 Å². The van der Waals surface area contributed by atoms with E-state index in [4.69, 9.17) is 4.74 Å². The summed E-state index contributed by atoms with van der Waals surface area (Å²) in [7, 11) is 0. The highest BCUT2D eigenvalue weighted by molar-refractivity contribution is 14.1. The van der Waals surface area contributed by atoms with Crippen LogP contribution in [-0.2, 0) is 4.74 Å². The first-order valence-corrected chi connectivity index (χ1v) is 10.1. The molecule has 8 heteroatoms. The molecule has 1 aliphatic rings. The molecule has 0 spiro atoms. The minimum atomic E-state index is -0.478. The van der Waals surface area contributed by atoms with Crippen molar-refractivity contribution in [3.63, 3.8) is 0 Å². The number of rotatable bonds is 3. The summed E-state index contributed by atoms with van der Waals surface area (Å²) in [4.78, 5) is 16.5. The van der Waals surface area contributed by atoms with E-state index >= 15 is 0 Å². The molecular weight excluding hydrogens is 445 g/mol. The molecule has 2 heterocycles. The summed E-state index contributed by atoms with van der Waals surface area (Å²) in [6.45, 7) is 7.59. The Morgan fingerprint density at radius 1 is 1.31 bits per heavy atom. The lowest BCUT2D eigenvalue weighted by atomic mass is 9.91. The molecule has 0 radical (unpaired) electrons. The third-order valence-electron chi connectivity index (χ3n) is 4.27. The minimum Gasteiger partial charge on any atom is -0.444 e. The van der Waals surface area contributed by atoms with E-state index in [0.29, 0.717) is 0 Å². The van der Waals surface area contributed by atoms with E-state index in [1.54, 1.807) is 0 Å². The smallest absolute Gasteiger partial charge is 0.407 e. The lowest BCUT2D eigenvalue weighted by molar-refractivity contribution is 0.0492. The molecule has 1 aliphatic carbocycles. The lowest BCUT2D eigenvalue weighted by Gasteiger charge is -2.31. The number of ether oxygens (including phenoxy) is 1. The van der Waals surface area contributed by atoms with Crippen molar-refractivity contribution in [3.05, 3.63) is 21.5 Å². The fraction of sp³-hybridized carbons (Fsp3) is 0.611. The molecule has 0 bridgehead atoms. The number of amides is 1. The highest BCUT2D eigenvalue weighted by Crippen LogP contribution is 2.24. The van der Waals surface area contributed by atoms with Crippen LogP contribution < -0.4 is 10.6 Å². The molecule has 3 rings (SSSR count). The fourth-order valence-electron chi connectivity index (χ4n) is 3.30. The van der Waals surface area contributed by atoms with Gasteiger partial charge in [0.1, 0.15) is 15.1 Å². The van der Waals surface area contributed by atoms with Gasteiger partial charge in [-0.15, -0.1) is 0 Å². The Labute approximate surface area is 167 Å². The van der Waals surface area contributed by atoms with Crippen molar-refractivity contribution in [2.24, 2.45) is 0 Å². The van der Waals surface area contributed by atoms with E-state index in [2.05, 4.69) is 43.3 Å². The normalized spacial score (nSPS) is 20.8. The molecular formula is C18H26IN5O2. The number of hydrogen-bond acceptors (Lipinski definition) is 5. The molecule has 0 saturated heterocycles. The van der Waals surface area contributed by atoms with Crippen molar-refractivity contribution < 1.29 is 9.53 Å².